The number of benzene rings is 1. The average molecular weight is 1050 g/mol. The molecule has 0 aliphatic heterocycles. The highest BCUT2D eigenvalue weighted by Crippen LogP contribution is 2.15. The maximum absolute atomic E-state index is 12.3. The first-order valence-corrected chi connectivity index (χ1v) is 27.3. The van der Waals surface area contributed by atoms with Crippen molar-refractivity contribution in [2.75, 3.05) is 72.5 Å². The van der Waals surface area contributed by atoms with Crippen LogP contribution in [0.25, 0.3) is 0 Å². The van der Waals surface area contributed by atoms with Crippen LogP contribution in [0.15, 0.2) is 24.3 Å². The van der Waals surface area contributed by atoms with Gasteiger partial charge in [-0.25, -0.2) is 4.79 Å². The van der Waals surface area contributed by atoms with Gasteiger partial charge in [0.1, 0.15) is 25.0 Å². The van der Waals surface area contributed by atoms with E-state index in [0.717, 1.165) is 70.6 Å². The van der Waals surface area contributed by atoms with Crippen molar-refractivity contribution in [3.05, 3.63) is 35.4 Å². The summed E-state index contributed by atoms with van der Waals surface area (Å²) in [5, 5.41) is 28.8. The Bertz CT molecular complexity index is 1680. The van der Waals surface area contributed by atoms with E-state index in [1.807, 2.05) is 13.8 Å². The van der Waals surface area contributed by atoms with Gasteiger partial charge in [-0.3, -0.25) is 33.6 Å². The van der Waals surface area contributed by atoms with Crippen molar-refractivity contribution in [3.63, 3.8) is 0 Å². The normalized spacial score (nSPS) is 12.1. The van der Waals surface area contributed by atoms with Crippen LogP contribution in [-0.4, -0.2) is 136 Å². The number of aryl methyl sites for hydroxylation is 1. The number of amides is 5. The van der Waals surface area contributed by atoms with E-state index in [4.69, 9.17) is 29.8 Å². The van der Waals surface area contributed by atoms with Gasteiger partial charge < -0.3 is 56.2 Å². The molecule has 0 aliphatic carbocycles. The van der Waals surface area contributed by atoms with Crippen LogP contribution < -0.4 is 27.0 Å². The number of carboxylic acids is 2. The summed E-state index contributed by atoms with van der Waals surface area (Å²) in [6.45, 7) is 9.71. The highest BCUT2D eigenvalue weighted by Gasteiger charge is 2.21. The summed E-state index contributed by atoms with van der Waals surface area (Å²) >= 11 is 0. The lowest BCUT2D eigenvalue weighted by atomic mass is 9.96. The number of nitrogens with two attached hydrogens (primary N) is 1. The lowest BCUT2D eigenvalue weighted by Gasteiger charge is -2.14. The molecule has 5 amide bonds. The molecule has 0 fully saturated rings. The fraction of sp³-hybridized carbons (Fsp3) is 0.745. The highest BCUT2D eigenvalue weighted by molar-refractivity contribution is 5.84. The third-order valence-corrected chi connectivity index (χ3v) is 12.3. The van der Waals surface area contributed by atoms with Crippen LogP contribution in [0.2, 0.25) is 0 Å². The van der Waals surface area contributed by atoms with Crippen molar-refractivity contribution in [1.82, 2.24) is 21.3 Å². The molecule has 0 aliphatic rings. The van der Waals surface area contributed by atoms with E-state index in [1.165, 1.54) is 56.1 Å². The topological polar surface area (TPSA) is 288 Å². The van der Waals surface area contributed by atoms with Gasteiger partial charge in [0.05, 0.1) is 39.6 Å². The van der Waals surface area contributed by atoms with Gasteiger partial charge in [-0.15, -0.1) is 0 Å². The number of hydrogen-bond donors (Lipinski definition) is 7. The molecule has 0 heterocycles. The third-order valence-electron chi connectivity index (χ3n) is 12.3. The minimum atomic E-state index is -1.18. The van der Waals surface area contributed by atoms with Gasteiger partial charge in [0, 0.05) is 50.7 Å². The van der Waals surface area contributed by atoms with Crippen molar-refractivity contribution in [2.45, 2.75) is 181 Å². The number of Topliss-reactive ketones (excluding diaryl/α,β-unsaturated/α-hetero) is 1. The molecule has 19 heteroatoms. The van der Waals surface area contributed by atoms with Crippen LogP contribution in [0, 0.1) is 18.8 Å². The van der Waals surface area contributed by atoms with Crippen LogP contribution >= 0.6 is 0 Å². The highest BCUT2D eigenvalue weighted by atomic mass is 16.5. The van der Waals surface area contributed by atoms with E-state index >= 15 is 0 Å². The quantitative estimate of drug-likeness (QED) is 0.0342. The van der Waals surface area contributed by atoms with Gasteiger partial charge in [0.25, 0.3) is 0 Å². The summed E-state index contributed by atoms with van der Waals surface area (Å²) in [6.07, 6.45) is 19.6. The number of rotatable bonds is 48. The molecule has 1 aromatic carbocycles. The number of hydrogen-bond acceptors (Lipinski definition) is 12. The van der Waals surface area contributed by atoms with Crippen molar-refractivity contribution in [1.29, 1.82) is 0 Å². The Hall–Kier alpha value is -4.98. The standard InChI is InChI=1S/C43H78N4O13.C12H17NO/c1-35(36(2)48)19-17-18-24-44-40(51)33-59-31-30-58-28-26-46-41(52)34-60-32-29-57-27-25-45-38(49)23-22-37(43(55)56)47-39(50)20-15-13-11-9-7-5-3-4-6-8-10-12-14-16-21-42(53)54;1-3-11(12(13)14)8-10-6-4-9(2)5-7-10/h35,37H,3-34H2,1-2H3,(H,44,51)(H,45,49)(H,46,52)(H,47,50)(H,53,54)(H,55,56);4-7,11H,3,8H2,1-2H3,(H2,13,14)/t;11-/m.0/s1. The molecule has 3 atom stereocenters. The van der Waals surface area contributed by atoms with Crippen LogP contribution in [0.4, 0.5) is 0 Å². The first-order chi connectivity index (χ1) is 35.5. The number of carbonyl (C=O) groups is 8. The summed E-state index contributed by atoms with van der Waals surface area (Å²) < 4.78 is 21.3. The third kappa shape index (κ3) is 44.5. The zero-order valence-electron chi connectivity index (χ0n) is 45.5. The van der Waals surface area contributed by atoms with Gasteiger partial charge in [0.2, 0.25) is 29.5 Å². The summed E-state index contributed by atoms with van der Waals surface area (Å²) in [4.78, 5) is 92.6. The van der Waals surface area contributed by atoms with E-state index in [1.54, 1.807) is 6.92 Å². The van der Waals surface area contributed by atoms with Crippen LogP contribution in [0.5, 0.6) is 0 Å². The second kappa shape index (κ2) is 47.7. The van der Waals surface area contributed by atoms with E-state index in [-0.39, 0.29) is 139 Å². The second-order valence-electron chi connectivity index (χ2n) is 18.9. The Labute approximate surface area is 441 Å². The Balaban J connectivity index is 0.00000325. The van der Waals surface area contributed by atoms with Crippen molar-refractivity contribution < 1.29 is 67.5 Å². The predicted octanol–water partition coefficient (Wildman–Crippen LogP) is 6.52. The summed E-state index contributed by atoms with van der Waals surface area (Å²) in [5.74, 6) is -3.10. The molecule has 0 bridgehead atoms. The maximum atomic E-state index is 12.3. The summed E-state index contributed by atoms with van der Waals surface area (Å²) in [7, 11) is 0. The molecule has 0 spiro atoms. The van der Waals surface area contributed by atoms with Crippen LogP contribution in [0.3, 0.4) is 0 Å². The maximum Gasteiger partial charge on any atom is 0.326 e. The monoisotopic (exact) mass is 1050 g/mol. The molecule has 8 N–H and O–H groups in total. The second-order valence-corrected chi connectivity index (χ2v) is 18.9. The fourth-order valence-electron chi connectivity index (χ4n) is 7.43. The molecule has 0 aromatic heterocycles. The molecule has 74 heavy (non-hydrogen) atoms. The molecular formula is C55H95N5O14. The first kappa shape index (κ1) is 69.0. The number of unbranched alkanes of at least 4 members (excludes halogenated alkanes) is 14. The summed E-state index contributed by atoms with van der Waals surface area (Å²) in [6, 6.07) is 7.09. The summed E-state index contributed by atoms with van der Waals surface area (Å²) in [5.41, 5.74) is 7.70. The first-order valence-electron chi connectivity index (χ1n) is 27.3. The van der Waals surface area contributed by atoms with Crippen molar-refractivity contribution in [3.8, 4) is 0 Å². The van der Waals surface area contributed by atoms with Crippen LogP contribution in [-0.2, 0) is 63.7 Å². The zero-order valence-corrected chi connectivity index (χ0v) is 45.5. The van der Waals surface area contributed by atoms with E-state index in [2.05, 4.69) is 52.5 Å². The molecular weight excluding hydrogens is 955 g/mol. The van der Waals surface area contributed by atoms with E-state index in [0.29, 0.717) is 13.0 Å². The smallest absolute Gasteiger partial charge is 0.326 e. The Morgan fingerprint density at radius 3 is 1.46 bits per heavy atom. The van der Waals surface area contributed by atoms with E-state index < -0.39 is 18.0 Å². The van der Waals surface area contributed by atoms with Gasteiger partial charge in [-0.1, -0.05) is 127 Å². The molecule has 2 unspecified atom stereocenters. The van der Waals surface area contributed by atoms with Gasteiger partial charge in [-0.2, -0.15) is 0 Å². The average Bonchev–Trinajstić information content (AvgIpc) is 3.36. The molecule has 0 radical (unpaired) electrons. The number of carbonyl (C=O) groups excluding carboxylic acids is 6. The van der Waals surface area contributed by atoms with Crippen LogP contribution in [0.1, 0.15) is 173 Å². The molecule has 424 valence electrons. The number of aliphatic carboxylic acids is 2. The lowest BCUT2D eigenvalue weighted by molar-refractivity contribution is -0.142. The SMILES string of the molecule is CC(=O)C(C)CCCCNC(=O)COCCOCCNC(=O)COCCOCCNC(=O)CCC(NC(=O)CCCCCCCCCCCCCCCCC(=O)O)C(=O)O.CC[C@@H](Cc1ccc(C)cc1)C(N)=O. The largest absolute Gasteiger partial charge is 0.481 e. The van der Waals surface area contributed by atoms with E-state index in [9.17, 15) is 43.5 Å². The molecule has 19 nitrogen and oxygen atoms in total. The molecule has 1 rings (SSSR count). The number of primary amides is 1. The zero-order chi connectivity index (χ0) is 55.0. The molecule has 0 saturated carbocycles. The minimum absolute atomic E-state index is 0.0245. The minimum Gasteiger partial charge on any atom is -0.481 e. The Morgan fingerprint density at radius 1 is 0.541 bits per heavy atom. The van der Waals surface area contributed by atoms with Gasteiger partial charge in [0.15, 0.2) is 0 Å². The molecule has 0 saturated heterocycles. The Kier molecular flexibility index (Phi) is 44.5. The van der Waals surface area contributed by atoms with Crippen molar-refractivity contribution >= 4 is 47.3 Å². The number of ether oxygens (including phenoxy) is 4. The predicted molar refractivity (Wildman–Crippen MR) is 284 cm³/mol. The number of ketones is 1. The van der Waals surface area contributed by atoms with Gasteiger partial charge >= 0.3 is 11.9 Å². The lowest BCUT2D eigenvalue weighted by Crippen LogP contribution is -2.41. The van der Waals surface area contributed by atoms with Crippen molar-refractivity contribution in [2.24, 2.45) is 17.6 Å². The number of carboxylic acid groups (broad SMARTS) is 2. The fourth-order valence-corrected chi connectivity index (χ4v) is 7.43. The molecule has 1 aromatic rings. The number of nitrogens with one attached hydrogen (secondary N) is 4. The van der Waals surface area contributed by atoms with Gasteiger partial charge in [-0.05, 0) is 64.4 Å². The Morgan fingerprint density at radius 2 is 1.00 bits per heavy atom.